The monoisotopic (exact) mass is 327 g/mol. The second kappa shape index (κ2) is 17.8. The molecule has 3 nitrogen and oxygen atoms in total. The van der Waals surface area contributed by atoms with Crippen molar-refractivity contribution >= 4 is 5.97 Å². The zero-order valence-electron chi connectivity index (χ0n) is 15.5. The van der Waals surface area contributed by atoms with E-state index >= 15 is 0 Å². The molecule has 0 aliphatic carbocycles. The van der Waals surface area contributed by atoms with E-state index in [9.17, 15) is 4.79 Å². The molecular formula is C20H41NO2. The molecule has 3 heteroatoms. The number of unbranched alkanes of at least 4 members (excludes halogenated alkanes) is 15. The van der Waals surface area contributed by atoms with Gasteiger partial charge in [0.25, 0.3) is 0 Å². The van der Waals surface area contributed by atoms with Crippen molar-refractivity contribution in [2.24, 2.45) is 5.73 Å². The Labute approximate surface area is 144 Å². The summed E-state index contributed by atoms with van der Waals surface area (Å²) < 4.78 is 0. The van der Waals surface area contributed by atoms with E-state index in [0.29, 0.717) is 6.42 Å². The van der Waals surface area contributed by atoms with Crippen LogP contribution < -0.4 is 5.73 Å². The molecule has 0 spiro atoms. The minimum Gasteiger partial charge on any atom is -0.480 e. The topological polar surface area (TPSA) is 63.3 Å². The standard InChI is InChI=1S/C20H41NO2/c1-2-3-4-5-6-7-8-9-10-11-12-13-14-15-16-17-18-19(21)20(22)23/h19H,2-18,21H2,1H3,(H,22,23). The Balaban J connectivity index is 3.04. The maximum absolute atomic E-state index is 10.6. The van der Waals surface area contributed by atoms with Gasteiger partial charge in [-0.25, -0.2) is 0 Å². The van der Waals surface area contributed by atoms with Gasteiger partial charge in [-0.15, -0.1) is 0 Å². The number of hydrogen-bond donors (Lipinski definition) is 2. The summed E-state index contributed by atoms with van der Waals surface area (Å²) in [6.45, 7) is 2.27. The predicted octanol–water partition coefficient (Wildman–Crippen LogP) is 6.05. The van der Waals surface area contributed by atoms with Crippen LogP contribution in [0.2, 0.25) is 0 Å². The highest BCUT2D eigenvalue weighted by Gasteiger charge is 2.09. The van der Waals surface area contributed by atoms with Crippen molar-refractivity contribution < 1.29 is 9.90 Å². The van der Waals surface area contributed by atoms with Gasteiger partial charge in [-0.05, 0) is 6.42 Å². The van der Waals surface area contributed by atoms with Gasteiger partial charge < -0.3 is 10.8 Å². The number of aliphatic carboxylic acids is 1. The van der Waals surface area contributed by atoms with Crippen molar-refractivity contribution in [1.29, 1.82) is 0 Å². The van der Waals surface area contributed by atoms with Gasteiger partial charge in [0.1, 0.15) is 6.04 Å². The highest BCUT2D eigenvalue weighted by Crippen LogP contribution is 2.14. The van der Waals surface area contributed by atoms with E-state index in [4.69, 9.17) is 10.8 Å². The molecule has 0 heterocycles. The van der Waals surface area contributed by atoms with E-state index in [1.165, 1.54) is 89.9 Å². The molecule has 0 aromatic rings. The van der Waals surface area contributed by atoms with Crippen LogP contribution in [0, 0.1) is 0 Å². The normalized spacial score (nSPS) is 12.4. The van der Waals surface area contributed by atoms with Crippen molar-refractivity contribution in [3.8, 4) is 0 Å². The van der Waals surface area contributed by atoms with Crippen LogP contribution in [0.25, 0.3) is 0 Å². The molecule has 0 fully saturated rings. The summed E-state index contributed by atoms with van der Waals surface area (Å²) in [5.41, 5.74) is 5.48. The lowest BCUT2D eigenvalue weighted by Gasteiger charge is -2.06. The molecule has 23 heavy (non-hydrogen) atoms. The summed E-state index contributed by atoms with van der Waals surface area (Å²) in [7, 11) is 0. The van der Waals surface area contributed by atoms with Gasteiger partial charge in [0.2, 0.25) is 0 Å². The minimum atomic E-state index is -0.869. The Hall–Kier alpha value is -0.570. The number of carboxylic acids is 1. The molecule has 1 unspecified atom stereocenters. The van der Waals surface area contributed by atoms with Gasteiger partial charge >= 0.3 is 5.97 Å². The molecular weight excluding hydrogens is 286 g/mol. The van der Waals surface area contributed by atoms with Gasteiger partial charge in [-0.1, -0.05) is 110 Å². The number of hydrogen-bond acceptors (Lipinski definition) is 2. The fraction of sp³-hybridized carbons (Fsp3) is 0.950. The maximum atomic E-state index is 10.6. The van der Waals surface area contributed by atoms with E-state index in [-0.39, 0.29) is 0 Å². The van der Waals surface area contributed by atoms with Crippen molar-refractivity contribution in [3.05, 3.63) is 0 Å². The third-order valence-corrected chi connectivity index (χ3v) is 4.69. The Kier molecular flexibility index (Phi) is 17.3. The molecule has 0 aromatic heterocycles. The first kappa shape index (κ1) is 22.4. The smallest absolute Gasteiger partial charge is 0.320 e. The molecule has 0 amide bonds. The van der Waals surface area contributed by atoms with Crippen LogP contribution >= 0.6 is 0 Å². The molecule has 0 radical (unpaired) electrons. The van der Waals surface area contributed by atoms with Crippen LogP contribution in [0.15, 0.2) is 0 Å². The lowest BCUT2D eigenvalue weighted by atomic mass is 10.0. The van der Waals surface area contributed by atoms with E-state index in [1.54, 1.807) is 0 Å². The van der Waals surface area contributed by atoms with E-state index in [2.05, 4.69) is 6.92 Å². The fourth-order valence-corrected chi connectivity index (χ4v) is 3.04. The number of rotatable bonds is 18. The first-order chi connectivity index (χ1) is 11.2. The Morgan fingerprint density at radius 3 is 1.30 bits per heavy atom. The molecule has 0 saturated heterocycles. The van der Waals surface area contributed by atoms with Gasteiger partial charge in [0.15, 0.2) is 0 Å². The number of nitrogens with two attached hydrogens (primary N) is 1. The van der Waals surface area contributed by atoms with Crippen LogP contribution in [-0.2, 0) is 4.79 Å². The van der Waals surface area contributed by atoms with E-state index < -0.39 is 12.0 Å². The average Bonchev–Trinajstić information content (AvgIpc) is 2.54. The summed E-state index contributed by atoms with van der Waals surface area (Å²) in [5, 5.41) is 8.68. The second-order valence-corrected chi connectivity index (χ2v) is 7.04. The highest BCUT2D eigenvalue weighted by molar-refractivity contribution is 5.72. The zero-order chi connectivity index (χ0) is 17.2. The molecule has 0 bridgehead atoms. The summed E-state index contributed by atoms with van der Waals surface area (Å²) >= 11 is 0. The summed E-state index contributed by atoms with van der Waals surface area (Å²) in [6.07, 6.45) is 22.0. The summed E-state index contributed by atoms with van der Waals surface area (Å²) in [6, 6.07) is -0.665. The Morgan fingerprint density at radius 2 is 1.00 bits per heavy atom. The zero-order valence-corrected chi connectivity index (χ0v) is 15.5. The van der Waals surface area contributed by atoms with E-state index in [1.807, 2.05) is 0 Å². The molecule has 138 valence electrons. The van der Waals surface area contributed by atoms with Crippen LogP contribution in [0.3, 0.4) is 0 Å². The Bertz CT molecular complexity index is 256. The second-order valence-electron chi connectivity index (χ2n) is 7.04. The number of carboxylic acid groups (broad SMARTS) is 1. The largest absolute Gasteiger partial charge is 0.480 e. The molecule has 0 rings (SSSR count). The molecule has 0 saturated carbocycles. The Morgan fingerprint density at radius 1 is 0.696 bits per heavy atom. The van der Waals surface area contributed by atoms with Gasteiger partial charge in [-0.2, -0.15) is 0 Å². The molecule has 0 aromatic carbocycles. The highest BCUT2D eigenvalue weighted by atomic mass is 16.4. The van der Waals surface area contributed by atoms with Crippen LogP contribution in [-0.4, -0.2) is 17.1 Å². The average molecular weight is 328 g/mol. The molecule has 0 aliphatic heterocycles. The molecule has 0 aliphatic rings. The van der Waals surface area contributed by atoms with Crippen molar-refractivity contribution in [2.45, 2.75) is 122 Å². The predicted molar refractivity (Wildman–Crippen MR) is 99.8 cm³/mol. The first-order valence-corrected chi connectivity index (χ1v) is 10.2. The quantitative estimate of drug-likeness (QED) is 0.301. The maximum Gasteiger partial charge on any atom is 0.320 e. The van der Waals surface area contributed by atoms with Gasteiger partial charge in [0, 0.05) is 0 Å². The lowest BCUT2D eigenvalue weighted by molar-refractivity contribution is -0.138. The first-order valence-electron chi connectivity index (χ1n) is 10.2. The third-order valence-electron chi connectivity index (χ3n) is 4.69. The molecule has 3 N–H and O–H groups in total. The summed E-state index contributed by atoms with van der Waals surface area (Å²) in [4.78, 5) is 10.6. The van der Waals surface area contributed by atoms with Crippen molar-refractivity contribution in [1.82, 2.24) is 0 Å². The number of carbonyl (C=O) groups is 1. The SMILES string of the molecule is CCCCCCCCCCCCCCCCCCC(N)C(=O)O. The summed E-state index contributed by atoms with van der Waals surface area (Å²) in [5.74, 6) is -0.869. The minimum absolute atomic E-state index is 0.619. The molecule has 1 atom stereocenters. The fourth-order valence-electron chi connectivity index (χ4n) is 3.04. The van der Waals surface area contributed by atoms with E-state index in [0.717, 1.165) is 12.8 Å². The third kappa shape index (κ3) is 17.6. The van der Waals surface area contributed by atoms with Crippen LogP contribution in [0.5, 0.6) is 0 Å². The van der Waals surface area contributed by atoms with Crippen LogP contribution in [0.4, 0.5) is 0 Å². The van der Waals surface area contributed by atoms with Crippen LogP contribution in [0.1, 0.15) is 116 Å². The van der Waals surface area contributed by atoms with Gasteiger partial charge in [0.05, 0.1) is 0 Å². The van der Waals surface area contributed by atoms with Gasteiger partial charge in [-0.3, -0.25) is 4.79 Å². The lowest BCUT2D eigenvalue weighted by Crippen LogP contribution is -2.29. The van der Waals surface area contributed by atoms with Crippen molar-refractivity contribution in [2.75, 3.05) is 0 Å². The van der Waals surface area contributed by atoms with Crippen molar-refractivity contribution in [3.63, 3.8) is 0 Å².